The van der Waals surface area contributed by atoms with Gasteiger partial charge in [0.25, 0.3) is 0 Å². The molecule has 0 saturated heterocycles. The summed E-state index contributed by atoms with van der Waals surface area (Å²) in [6, 6.07) is 6.33. The SMILES string of the molecule is CCCNCc1ccc(OCCCC(C)C)c(Br)c1. The molecule has 0 aliphatic carbocycles. The van der Waals surface area contributed by atoms with E-state index in [1.165, 1.54) is 12.0 Å². The molecular formula is C16H26BrNO. The molecular weight excluding hydrogens is 302 g/mol. The van der Waals surface area contributed by atoms with Gasteiger partial charge in [-0.25, -0.2) is 0 Å². The molecule has 3 heteroatoms. The summed E-state index contributed by atoms with van der Waals surface area (Å²) < 4.78 is 6.85. The second-order valence-electron chi connectivity index (χ2n) is 5.33. The van der Waals surface area contributed by atoms with E-state index in [0.717, 1.165) is 48.7 Å². The van der Waals surface area contributed by atoms with Crippen molar-refractivity contribution in [1.29, 1.82) is 0 Å². The molecule has 19 heavy (non-hydrogen) atoms. The number of halogens is 1. The van der Waals surface area contributed by atoms with Crippen LogP contribution in [-0.2, 0) is 6.54 Å². The Kier molecular flexibility index (Phi) is 8.15. The zero-order valence-corrected chi connectivity index (χ0v) is 13.9. The third-order valence-electron chi connectivity index (χ3n) is 2.94. The first-order chi connectivity index (χ1) is 9.13. The summed E-state index contributed by atoms with van der Waals surface area (Å²) in [6.07, 6.45) is 3.50. The molecule has 2 nitrogen and oxygen atoms in total. The van der Waals surface area contributed by atoms with Crippen molar-refractivity contribution >= 4 is 15.9 Å². The summed E-state index contributed by atoms with van der Waals surface area (Å²) in [5.74, 6) is 1.70. The van der Waals surface area contributed by atoms with E-state index in [2.05, 4.69) is 60.2 Å². The molecule has 1 rings (SSSR count). The lowest BCUT2D eigenvalue weighted by molar-refractivity contribution is 0.296. The number of benzene rings is 1. The Balaban J connectivity index is 2.39. The minimum atomic E-state index is 0.749. The lowest BCUT2D eigenvalue weighted by Crippen LogP contribution is -2.13. The largest absolute Gasteiger partial charge is 0.492 e. The summed E-state index contributed by atoms with van der Waals surface area (Å²) in [4.78, 5) is 0. The molecule has 0 amide bonds. The van der Waals surface area contributed by atoms with Gasteiger partial charge < -0.3 is 10.1 Å². The number of nitrogens with one attached hydrogen (secondary N) is 1. The van der Waals surface area contributed by atoms with Crippen molar-refractivity contribution in [2.24, 2.45) is 5.92 Å². The predicted molar refractivity (Wildman–Crippen MR) is 85.7 cm³/mol. The van der Waals surface area contributed by atoms with Crippen molar-refractivity contribution in [3.05, 3.63) is 28.2 Å². The standard InChI is InChI=1S/C16H26BrNO/c1-4-9-18-12-14-7-8-16(15(17)11-14)19-10-5-6-13(2)3/h7-8,11,13,18H,4-6,9-10,12H2,1-3H3. The van der Waals surface area contributed by atoms with Crippen LogP contribution in [0.1, 0.15) is 45.6 Å². The van der Waals surface area contributed by atoms with Crippen LogP contribution in [0, 0.1) is 5.92 Å². The van der Waals surface area contributed by atoms with Gasteiger partial charge >= 0.3 is 0 Å². The third-order valence-corrected chi connectivity index (χ3v) is 3.56. The van der Waals surface area contributed by atoms with Crippen LogP contribution in [0.4, 0.5) is 0 Å². The van der Waals surface area contributed by atoms with E-state index in [1.807, 2.05) is 0 Å². The van der Waals surface area contributed by atoms with Crippen molar-refractivity contribution in [3.8, 4) is 5.75 Å². The highest BCUT2D eigenvalue weighted by molar-refractivity contribution is 9.10. The van der Waals surface area contributed by atoms with E-state index < -0.39 is 0 Å². The molecule has 0 aromatic heterocycles. The fraction of sp³-hybridized carbons (Fsp3) is 0.625. The molecule has 1 N–H and O–H groups in total. The first-order valence-corrected chi connectivity index (χ1v) is 8.04. The van der Waals surface area contributed by atoms with Gasteiger partial charge in [0.2, 0.25) is 0 Å². The molecule has 0 unspecified atom stereocenters. The van der Waals surface area contributed by atoms with Crippen molar-refractivity contribution in [2.75, 3.05) is 13.2 Å². The van der Waals surface area contributed by atoms with Crippen LogP contribution in [0.5, 0.6) is 5.75 Å². The number of hydrogen-bond donors (Lipinski definition) is 1. The molecule has 1 aromatic carbocycles. The van der Waals surface area contributed by atoms with Gasteiger partial charge in [0.15, 0.2) is 0 Å². The lowest BCUT2D eigenvalue weighted by Gasteiger charge is -2.11. The molecule has 0 atom stereocenters. The molecule has 1 aromatic rings. The van der Waals surface area contributed by atoms with Gasteiger partial charge in [-0.2, -0.15) is 0 Å². The number of ether oxygens (including phenoxy) is 1. The van der Waals surface area contributed by atoms with Crippen molar-refractivity contribution < 1.29 is 4.74 Å². The first-order valence-electron chi connectivity index (χ1n) is 7.25. The maximum atomic E-state index is 5.80. The quantitative estimate of drug-likeness (QED) is 0.660. The molecule has 0 saturated carbocycles. The van der Waals surface area contributed by atoms with Crippen LogP contribution < -0.4 is 10.1 Å². The molecule has 0 spiro atoms. The van der Waals surface area contributed by atoms with Crippen LogP contribution in [0.25, 0.3) is 0 Å². The predicted octanol–water partition coefficient (Wildman–Crippen LogP) is 4.76. The van der Waals surface area contributed by atoms with Crippen molar-refractivity contribution in [2.45, 2.75) is 46.6 Å². The smallest absolute Gasteiger partial charge is 0.133 e. The maximum Gasteiger partial charge on any atom is 0.133 e. The Morgan fingerprint density at radius 1 is 1.32 bits per heavy atom. The first kappa shape index (κ1) is 16.5. The Hall–Kier alpha value is -0.540. The minimum Gasteiger partial charge on any atom is -0.492 e. The Bertz CT molecular complexity index is 366. The Morgan fingerprint density at radius 3 is 2.74 bits per heavy atom. The van der Waals surface area contributed by atoms with Gasteiger partial charge in [0.1, 0.15) is 5.75 Å². The van der Waals surface area contributed by atoms with Gasteiger partial charge in [-0.15, -0.1) is 0 Å². The molecule has 108 valence electrons. The summed E-state index contributed by atoms with van der Waals surface area (Å²) >= 11 is 3.58. The van der Waals surface area contributed by atoms with E-state index in [-0.39, 0.29) is 0 Å². The molecule has 0 fully saturated rings. The molecule has 0 bridgehead atoms. The second-order valence-corrected chi connectivity index (χ2v) is 6.18. The summed E-state index contributed by atoms with van der Waals surface area (Å²) in [5, 5.41) is 3.40. The molecule has 0 aliphatic rings. The van der Waals surface area contributed by atoms with Crippen LogP contribution in [0.3, 0.4) is 0 Å². The number of rotatable bonds is 9. The third kappa shape index (κ3) is 6.98. The summed E-state index contributed by atoms with van der Waals surface area (Å²) in [6.45, 7) is 9.44. The Morgan fingerprint density at radius 2 is 2.11 bits per heavy atom. The fourth-order valence-corrected chi connectivity index (χ4v) is 2.40. The zero-order valence-electron chi connectivity index (χ0n) is 12.3. The minimum absolute atomic E-state index is 0.749. The molecule has 0 heterocycles. The van der Waals surface area contributed by atoms with Crippen molar-refractivity contribution in [1.82, 2.24) is 5.32 Å². The van der Waals surface area contributed by atoms with Crippen LogP contribution >= 0.6 is 15.9 Å². The average Bonchev–Trinajstić information content (AvgIpc) is 2.36. The van der Waals surface area contributed by atoms with Crippen molar-refractivity contribution in [3.63, 3.8) is 0 Å². The lowest BCUT2D eigenvalue weighted by atomic mass is 10.1. The topological polar surface area (TPSA) is 21.3 Å². The van der Waals surface area contributed by atoms with Gasteiger partial charge in [-0.1, -0.05) is 26.8 Å². The van der Waals surface area contributed by atoms with E-state index in [0.29, 0.717) is 0 Å². The van der Waals surface area contributed by atoms with Crippen LogP contribution in [0.15, 0.2) is 22.7 Å². The highest BCUT2D eigenvalue weighted by Crippen LogP contribution is 2.26. The second kappa shape index (κ2) is 9.38. The number of hydrogen-bond acceptors (Lipinski definition) is 2. The van der Waals surface area contributed by atoms with E-state index in [1.54, 1.807) is 0 Å². The highest BCUT2D eigenvalue weighted by atomic mass is 79.9. The van der Waals surface area contributed by atoms with Crippen LogP contribution in [-0.4, -0.2) is 13.2 Å². The monoisotopic (exact) mass is 327 g/mol. The van der Waals surface area contributed by atoms with E-state index in [9.17, 15) is 0 Å². The zero-order chi connectivity index (χ0) is 14.1. The fourth-order valence-electron chi connectivity index (χ4n) is 1.85. The average molecular weight is 328 g/mol. The van der Waals surface area contributed by atoms with Gasteiger partial charge in [0, 0.05) is 6.54 Å². The molecule has 0 radical (unpaired) electrons. The van der Waals surface area contributed by atoms with Crippen LogP contribution in [0.2, 0.25) is 0 Å². The van der Waals surface area contributed by atoms with E-state index in [4.69, 9.17) is 4.74 Å². The van der Waals surface area contributed by atoms with E-state index >= 15 is 0 Å². The van der Waals surface area contributed by atoms with Gasteiger partial charge in [0.05, 0.1) is 11.1 Å². The summed E-state index contributed by atoms with van der Waals surface area (Å²) in [7, 11) is 0. The summed E-state index contributed by atoms with van der Waals surface area (Å²) in [5.41, 5.74) is 1.29. The van der Waals surface area contributed by atoms with Gasteiger partial charge in [-0.3, -0.25) is 0 Å². The Labute approximate surface area is 126 Å². The normalized spacial score (nSPS) is 11.0. The molecule has 0 aliphatic heterocycles. The van der Waals surface area contributed by atoms with Gasteiger partial charge in [-0.05, 0) is 65.4 Å². The maximum absolute atomic E-state index is 5.80. The highest BCUT2D eigenvalue weighted by Gasteiger charge is 2.03.